The lowest BCUT2D eigenvalue weighted by molar-refractivity contribution is 0.544. The number of hydrogen-bond donors (Lipinski definition) is 2. The summed E-state index contributed by atoms with van der Waals surface area (Å²) in [6, 6.07) is 8.03. The molecule has 0 saturated heterocycles. The molecule has 3 N–H and O–H groups in total. The highest BCUT2D eigenvalue weighted by molar-refractivity contribution is 5.93. The van der Waals surface area contributed by atoms with Crippen molar-refractivity contribution in [3.63, 3.8) is 0 Å². The van der Waals surface area contributed by atoms with E-state index in [1.54, 1.807) is 19.1 Å². The van der Waals surface area contributed by atoms with Crippen molar-refractivity contribution >= 4 is 18.0 Å². The van der Waals surface area contributed by atoms with Gasteiger partial charge in [0.05, 0.1) is 0 Å². The zero-order valence-corrected chi connectivity index (χ0v) is 11.8. The van der Waals surface area contributed by atoms with Gasteiger partial charge in [-0.15, -0.1) is 0 Å². The van der Waals surface area contributed by atoms with Gasteiger partial charge in [0, 0.05) is 19.8 Å². The van der Waals surface area contributed by atoms with Gasteiger partial charge in [-0.25, -0.2) is 5.01 Å². The third kappa shape index (κ3) is 5.34. The molecule has 0 fully saturated rings. The van der Waals surface area contributed by atoms with Crippen molar-refractivity contribution in [2.75, 3.05) is 19.4 Å². The first-order valence-corrected chi connectivity index (χ1v) is 5.95. The van der Waals surface area contributed by atoms with Gasteiger partial charge in [0.25, 0.3) is 0 Å². The van der Waals surface area contributed by atoms with E-state index in [4.69, 9.17) is 5.73 Å². The van der Waals surface area contributed by atoms with Crippen LogP contribution in [-0.2, 0) is 0 Å². The number of guanidine groups is 1. The van der Waals surface area contributed by atoms with Crippen LogP contribution in [-0.4, -0.2) is 31.4 Å². The van der Waals surface area contributed by atoms with Crippen molar-refractivity contribution in [2.45, 2.75) is 20.8 Å². The summed E-state index contributed by atoms with van der Waals surface area (Å²) in [7, 11) is 3.46. The van der Waals surface area contributed by atoms with E-state index >= 15 is 0 Å². The summed E-state index contributed by atoms with van der Waals surface area (Å²) in [5, 5.41) is 8.62. The number of nitrogens with zero attached hydrogens (tertiary/aromatic N) is 3. The van der Waals surface area contributed by atoms with Gasteiger partial charge in [-0.05, 0) is 19.1 Å². The molecule has 0 unspecified atom stereocenters. The molecule has 0 aliphatic carbocycles. The smallest absolute Gasteiger partial charge is 0.218 e. The monoisotopic (exact) mass is 249 g/mol. The number of anilines is 1. The maximum absolute atomic E-state index is 5.22. The highest BCUT2D eigenvalue weighted by Crippen LogP contribution is 2.09. The first-order chi connectivity index (χ1) is 8.67. The zero-order valence-electron chi connectivity index (χ0n) is 11.8. The van der Waals surface area contributed by atoms with Crippen LogP contribution in [0.5, 0.6) is 0 Å². The molecule has 0 aromatic heterocycles. The summed E-state index contributed by atoms with van der Waals surface area (Å²) < 4.78 is 0. The molecule has 0 aliphatic heterocycles. The van der Waals surface area contributed by atoms with Gasteiger partial charge in [0.1, 0.15) is 6.34 Å². The summed E-state index contributed by atoms with van der Waals surface area (Å²) in [4.78, 5) is 4.09. The Morgan fingerprint density at radius 2 is 1.83 bits per heavy atom. The summed E-state index contributed by atoms with van der Waals surface area (Å²) in [6.45, 7) is 6.05. The fourth-order valence-corrected chi connectivity index (χ4v) is 1.20. The van der Waals surface area contributed by atoms with Crippen LogP contribution in [0.15, 0.2) is 34.4 Å². The molecule has 18 heavy (non-hydrogen) atoms. The Bertz CT molecular complexity index is 381. The molecule has 0 amide bonds. The van der Waals surface area contributed by atoms with Crippen LogP contribution in [0.4, 0.5) is 5.69 Å². The van der Waals surface area contributed by atoms with Crippen LogP contribution < -0.4 is 11.1 Å². The molecule has 0 atom stereocenters. The lowest BCUT2D eigenvalue weighted by Gasteiger charge is -2.16. The Morgan fingerprint density at radius 1 is 1.28 bits per heavy atom. The van der Waals surface area contributed by atoms with E-state index in [1.807, 2.05) is 45.0 Å². The fourth-order valence-electron chi connectivity index (χ4n) is 1.20. The van der Waals surface area contributed by atoms with Crippen LogP contribution in [0.3, 0.4) is 0 Å². The molecule has 0 radical (unpaired) electrons. The van der Waals surface area contributed by atoms with Crippen molar-refractivity contribution in [1.82, 2.24) is 5.01 Å². The molecule has 0 bridgehead atoms. The third-order valence-electron chi connectivity index (χ3n) is 2.07. The first-order valence-electron chi connectivity index (χ1n) is 5.95. The van der Waals surface area contributed by atoms with E-state index in [0.717, 1.165) is 5.69 Å². The van der Waals surface area contributed by atoms with E-state index in [2.05, 4.69) is 15.4 Å². The van der Waals surface area contributed by atoms with Gasteiger partial charge in [-0.3, -0.25) is 4.99 Å². The molecular weight excluding hydrogens is 226 g/mol. The molecule has 1 aromatic carbocycles. The molecule has 0 saturated carbocycles. The van der Waals surface area contributed by atoms with Gasteiger partial charge in [0.2, 0.25) is 5.96 Å². The number of hydrogen-bond acceptors (Lipinski definition) is 2. The van der Waals surface area contributed by atoms with E-state index in [1.165, 1.54) is 11.9 Å². The normalized spacial score (nSPS) is 10.8. The van der Waals surface area contributed by atoms with Crippen LogP contribution >= 0.6 is 0 Å². The SMILES string of the molecule is CC.CN=C(Nc1ccc(C)cc1)N(C)/N=C/N. The number of rotatable bonds is 2. The van der Waals surface area contributed by atoms with Crippen molar-refractivity contribution in [3.8, 4) is 0 Å². The Kier molecular flexibility index (Phi) is 8.01. The van der Waals surface area contributed by atoms with E-state index in [-0.39, 0.29) is 0 Å². The van der Waals surface area contributed by atoms with Gasteiger partial charge in [0.15, 0.2) is 0 Å². The predicted octanol–water partition coefficient (Wildman–Crippen LogP) is 2.25. The second-order valence-corrected chi connectivity index (χ2v) is 3.33. The quantitative estimate of drug-likeness (QED) is 0.480. The maximum atomic E-state index is 5.22. The summed E-state index contributed by atoms with van der Waals surface area (Å²) in [5.74, 6) is 0.630. The lowest BCUT2D eigenvalue weighted by atomic mass is 10.2. The lowest BCUT2D eigenvalue weighted by Crippen LogP contribution is -2.29. The van der Waals surface area contributed by atoms with Gasteiger partial charge >= 0.3 is 0 Å². The predicted molar refractivity (Wildman–Crippen MR) is 80.0 cm³/mol. The molecule has 5 heteroatoms. The second kappa shape index (κ2) is 9.04. The number of benzene rings is 1. The average Bonchev–Trinajstić information content (AvgIpc) is 2.40. The van der Waals surface area contributed by atoms with Crippen LogP contribution in [0.2, 0.25) is 0 Å². The standard InChI is InChI=1S/C11H17N5.C2H6/c1-9-4-6-10(7-5-9)15-11(13-2)16(3)14-8-12;1-2/h4-8H,1-3H3,(H2,12,14)(H,13,15);1-2H3. The molecule has 1 rings (SSSR count). The third-order valence-corrected chi connectivity index (χ3v) is 2.07. The molecular formula is C13H23N5. The Labute approximate surface area is 109 Å². The molecule has 5 nitrogen and oxygen atoms in total. The number of aryl methyl sites for hydroxylation is 1. The molecule has 0 spiro atoms. The van der Waals surface area contributed by atoms with E-state index in [9.17, 15) is 0 Å². The highest BCUT2D eigenvalue weighted by Gasteiger charge is 2.03. The maximum Gasteiger partial charge on any atom is 0.218 e. The first kappa shape index (κ1) is 16.0. The number of nitrogens with one attached hydrogen (secondary N) is 1. The van der Waals surface area contributed by atoms with Crippen molar-refractivity contribution in [2.24, 2.45) is 15.8 Å². The summed E-state index contributed by atoms with van der Waals surface area (Å²) >= 11 is 0. The van der Waals surface area contributed by atoms with Gasteiger partial charge in [-0.2, -0.15) is 5.10 Å². The molecule has 100 valence electrons. The van der Waals surface area contributed by atoms with Crippen LogP contribution in [0.1, 0.15) is 19.4 Å². The highest BCUT2D eigenvalue weighted by atomic mass is 15.5. The number of aliphatic imine (C=N–C) groups is 1. The van der Waals surface area contributed by atoms with Gasteiger partial charge < -0.3 is 11.1 Å². The minimum absolute atomic E-state index is 0.630. The Hall–Kier alpha value is -2.04. The largest absolute Gasteiger partial charge is 0.388 e. The number of nitrogens with two attached hydrogens (primary N) is 1. The van der Waals surface area contributed by atoms with E-state index in [0.29, 0.717) is 5.96 Å². The van der Waals surface area contributed by atoms with Crippen molar-refractivity contribution in [1.29, 1.82) is 0 Å². The minimum atomic E-state index is 0.630. The zero-order chi connectivity index (χ0) is 14.0. The van der Waals surface area contributed by atoms with E-state index < -0.39 is 0 Å². The van der Waals surface area contributed by atoms with Gasteiger partial charge in [-0.1, -0.05) is 31.5 Å². The molecule has 0 aliphatic rings. The van der Waals surface area contributed by atoms with Crippen LogP contribution in [0.25, 0.3) is 0 Å². The van der Waals surface area contributed by atoms with Crippen LogP contribution in [0, 0.1) is 6.92 Å². The topological polar surface area (TPSA) is 66.0 Å². The minimum Gasteiger partial charge on any atom is -0.388 e. The summed E-state index contributed by atoms with van der Waals surface area (Å²) in [5.41, 5.74) is 7.40. The Morgan fingerprint density at radius 3 is 2.28 bits per heavy atom. The molecule has 0 heterocycles. The van der Waals surface area contributed by atoms with Crippen molar-refractivity contribution in [3.05, 3.63) is 29.8 Å². The average molecular weight is 249 g/mol. The fraction of sp³-hybridized carbons (Fsp3) is 0.385. The second-order valence-electron chi connectivity index (χ2n) is 3.33. The number of hydrazone groups is 1. The Balaban J connectivity index is 0.00000137. The summed E-state index contributed by atoms with van der Waals surface area (Å²) in [6.07, 6.45) is 1.22. The van der Waals surface area contributed by atoms with Crippen molar-refractivity contribution < 1.29 is 0 Å². The molecule has 1 aromatic rings.